The molecular formula is C8H16NO. The van der Waals surface area contributed by atoms with E-state index in [4.69, 9.17) is 0 Å². The lowest BCUT2D eigenvalue weighted by Crippen LogP contribution is -2.24. The molecule has 0 heterocycles. The van der Waals surface area contributed by atoms with E-state index in [1.165, 1.54) is 0 Å². The molecule has 1 atom stereocenters. The molecule has 1 unspecified atom stereocenters. The van der Waals surface area contributed by atoms with Crippen molar-refractivity contribution in [3.05, 3.63) is 0 Å². The maximum atomic E-state index is 9.82. The van der Waals surface area contributed by atoms with Crippen LogP contribution in [-0.4, -0.2) is 12.5 Å². The summed E-state index contributed by atoms with van der Waals surface area (Å²) in [5.74, 6) is 0.718. The van der Waals surface area contributed by atoms with Crippen molar-refractivity contribution in [1.82, 2.24) is 5.32 Å². The van der Waals surface area contributed by atoms with E-state index in [0.717, 1.165) is 18.8 Å². The number of amides is 1. The topological polar surface area (TPSA) is 29.1 Å². The third kappa shape index (κ3) is 5.60. The molecule has 0 aliphatic heterocycles. The van der Waals surface area contributed by atoms with E-state index in [0.29, 0.717) is 0 Å². The number of rotatable bonds is 5. The van der Waals surface area contributed by atoms with Crippen LogP contribution in [0.25, 0.3) is 0 Å². The van der Waals surface area contributed by atoms with E-state index < -0.39 is 0 Å². The molecule has 0 aliphatic rings. The summed E-state index contributed by atoms with van der Waals surface area (Å²) in [6, 6.07) is 0.278. The largest absolute Gasteiger partial charge is 0.345 e. The minimum Gasteiger partial charge on any atom is -0.345 e. The molecule has 0 spiro atoms. The van der Waals surface area contributed by atoms with Crippen LogP contribution in [-0.2, 0) is 4.79 Å². The molecule has 2 nitrogen and oxygen atoms in total. The molecule has 0 saturated carbocycles. The van der Waals surface area contributed by atoms with E-state index in [9.17, 15) is 4.79 Å². The second-order valence-electron chi connectivity index (χ2n) is 3.12. The third-order valence-corrected chi connectivity index (χ3v) is 1.48. The Hall–Kier alpha value is -0.530. The zero-order valence-electron chi connectivity index (χ0n) is 6.98. The molecule has 0 aromatic carbocycles. The predicted molar refractivity (Wildman–Crippen MR) is 42.4 cm³/mol. The Kier molecular flexibility index (Phi) is 4.99. The maximum absolute atomic E-state index is 9.82. The minimum absolute atomic E-state index is 0.278. The van der Waals surface area contributed by atoms with Crippen LogP contribution in [0.1, 0.15) is 33.6 Å². The van der Waals surface area contributed by atoms with E-state index in [1.807, 2.05) is 6.92 Å². The van der Waals surface area contributed by atoms with Crippen LogP contribution in [0.3, 0.4) is 0 Å². The fraction of sp³-hybridized carbons (Fsp3) is 0.875. The molecule has 0 aromatic heterocycles. The summed E-state index contributed by atoms with van der Waals surface area (Å²) in [5.41, 5.74) is 0. The highest BCUT2D eigenvalue weighted by Gasteiger charge is 2.00. The van der Waals surface area contributed by atoms with Gasteiger partial charge in [0.15, 0.2) is 0 Å². The molecule has 0 bridgehead atoms. The van der Waals surface area contributed by atoms with Gasteiger partial charge < -0.3 is 5.32 Å². The standard InChI is InChI=1S/C8H16NO/c1-7(2)4-5-8(3)9-6-10/h7-8H,4-5H2,1-3H3,(H,9,10). The first-order valence-corrected chi connectivity index (χ1v) is 3.79. The normalized spacial score (nSPS) is 13.2. The summed E-state index contributed by atoms with van der Waals surface area (Å²) in [6.07, 6.45) is 3.90. The molecule has 0 aromatic rings. The highest BCUT2D eigenvalue weighted by atomic mass is 16.1. The fourth-order valence-electron chi connectivity index (χ4n) is 0.756. The van der Waals surface area contributed by atoms with Crippen molar-refractivity contribution in [2.45, 2.75) is 39.7 Å². The molecule has 0 saturated heterocycles. The SMILES string of the molecule is CC(C)CCC(C)N[C]=O. The molecule has 0 fully saturated rings. The van der Waals surface area contributed by atoms with Crippen LogP contribution < -0.4 is 5.32 Å². The summed E-state index contributed by atoms with van der Waals surface area (Å²) >= 11 is 0. The molecule has 0 aliphatic carbocycles. The second kappa shape index (κ2) is 5.27. The van der Waals surface area contributed by atoms with Crippen molar-refractivity contribution >= 4 is 6.41 Å². The number of hydrogen-bond donors (Lipinski definition) is 1. The van der Waals surface area contributed by atoms with Crippen molar-refractivity contribution in [3.8, 4) is 0 Å². The van der Waals surface area contributed by atoms with Crippen LogP contribution in [0.4, 0.5) is 0 Å². The average molecular weight is 142 g/mol. The Morgan fingerprint density at radius 1 is 1.30 bits per heavy atom. The van der Waals surface area contributed by atoms with Crippen LogP contribution >= 0.6 is 0 Å². The van der Waals surface area contributed by atoms with Crippen molar-refractivity contribution in [3.63, 3.8) is 0 Å². The van der Waals surface area contributed by atoms with Gasteiger partial charge in [-0.2, -0.15) is 0 Å². The van der Waals surface area contributed by atoms with Gasteiger partial charge in [0.05, 0.1) is 0 Å². The van der Waals surface area contributed by atoms with E-state index >= 15 is 0 Å². The number of nitrogens with one attached hydrogen (secondary N) is 1. The summed E-state index contributed by atoms with van der Waals surface area (Å²) in [4.78, 5) is 9.82. The van der Waals surface area contributed by atoms with Gasteiger partial charge in [-0.05, 0) is 25.7 Å². The minimum atomic E-state index is 0.278. The van der Waals surface area contributed by atoms with Crippen molar-refractivity contribution in [2.75, 3.05) is 0 Å². The van der Waals surface area contributed by atoms with Gasteiger partial charge in [0.1, 0.15) is 0 Å². The average Bonchev–Trinajstić information content (AvgIpc) is 1.85. The lowest BCUT2D eigenvalue weighted by Gasteiger charge is -2.10. The van der Waals surface area contributed by atoms with Gasteiger partial charge in [0.2, 0.25) is 0 Å². The van der Waals surface area contributed by atoms with Crippen LogP contribution in [0.2, 0.25) is 0 Å². The van der Waals surface area contributed by atoms with Gasteiger partial charge >= 0.3 is 6.41 Å². The quantitative estimate of drug-likeness (QED) is 0.579. The zero-order chi connectivity index (χ0) is 7.98. The highest BCUT2D eigenvalue weighted by Crippen LogP contribution is 2.05. The van der Waals surface area contributed by atoms with Gasteiger partial charge in [0, 0.05) is 6.04 Å². The molecule has 10 heavy (non-hydrogen) atoms. The zero-order valence-corrected chi connectivity index (χ0v) is 6.98. The Morgan fingerprint density at radius 3 is 2.30 bits per heavy atom. The van der Waals surface area contributed by atoms with Gasteiger partial charge in [-0.1, -0.05) is 13.8 Å². The summed E-state index contributed by atoms with van der Waals surface area (Å²) in [5, 5.41) is 2.60. The van der Waals surface area contributed by atoms with Crippen molar-refractivity contribution in [2.24, 2.45) is 5.92 Å². The van der Waals surface area contributed by atoms with Crippen LogP contribution in [0.15, 0.2) is 0 Å². The number of hydrogen-bond acceptors (Lipinski definition) is 1. The first kappa shape index (κ1) is 9.47. The first-order valence-electron chi connectivity index (χ1n) is 3.79. The van der Waals surface area contributed by atoms with E-state index in [-0.39, 0.29) is 6.04 Å². The Bertz CT molecular complexity index is 91.3. The van der Waals surface area contributed by atoms with E-state index in [2.05, 4.69) is 19.2 Å². The predicted octanol–water partition coefficient (Wildman–Crippen LogP) is 1.47. The molecule has 1 N–H and O–H groups in total. The van der Waals surface area contributed by atoms with E-state index in [1.54, 1.807) is 6.41 Å². The summed E-state index contributed by atoms with van der Waals surface area (Å²) in [7, 11) is 0. The maximum Gasteiger partial charge on any atom is 0.309 e. The lowest BCUT2D eigenvalue weighted by molar-refractivity contribution is 0.473. The summed E-state index contributed by atoms with van der Waals surface area (Å²) in [6.45, 7) is 6.35. The number of carbonyl (C=O) groups excluding carboxylic acids is 1. The van der Waals surface area contributed by atoms with Gasteiger partial charge in [-0.3, -0.25) is 4.79 Å². The summed E-state index contributed by atoms with van der Waals surface area (Å²) < 4.78 is 0. The first-order chi connectivity index (χ1) is 4.66. The Morgan fingerprint density at radius 2 is 1.90 bits per heavy atom. The van der Waals surface area contributed by atoms with Crippen LogP contribution in [0, 0.1) is 5.92 Å². The lowest BCUT2D eigenvalue weighted by atomic mass is 10.0. The van der Waals surface area contributed by atoms with Crippen molar-refractivity contribution < 1.29 is 4.79 Å². The third-order valence-electron chi connectivity index (χ3n) is 1.48. The smallest absolute Gasteiger partial charge is 0.309 e. The molecular weight excluding hydrogens is 126 g/mol. The second-order valence-corrected chi connectivity index (χ2v) is 3.12. The Balaban J connectivity index is 3.20. The van der Waals surface area contributed by atoms with Crippen LogP contribution in [0.5, 0.6) is 0 Å². The Labute approximate surface area is 63.0 Å². The van der Waals surface area contributed by atoms with Gasteiger partial charge in [-0.15, -0.1) is 0 Å². The molecule has 59 valence electrons. The molecule has 2 heteroatoms. The fourth-order valence-corrected chi connectivity index (χ4v) is 0.756. The van der Waals surface area contributed by atoms with Gasteiger partial charge in [0.25, 0.3) is 0 Å². The monoisotopic (exact) mass is 142 g/mol. The highest BCUT2D eigenvalue weighted by molar-refractivity contribution is 5.47. The molecule has 1 radical (unpaired) electrons. The van der Waals surface area contributed by atoms with Gasteiger partial charge in [-0.25, -0.2) is 0 Å². The van der Waals surface area contributed by atoms with Crippen molar-refractivity contribution in [1.29, 1.82) is 0 Å². The molecule has 0 rings (SSSR count). The molecule has 1 amide bonds.